The van der Waals surface area contributed by atoms with Crippen LogP contribution in [-0.4, -0.2) is 52.9 Å². The predicted octanol–water partition coefficient (Wildman–Crippen LogP) is 2.29. The Morgan fingerprint density at radius 3 is 2.48 bits per heavy atom. The van der Waals surface area contributed by atoms with E-state index < -0.39 is 37.9 Å². The molecule has 13 heteroatoms. The highest BCUT2D eigenvalue weighted by Gasteiger charge is 2.29. The third kappa shape index (κ3) is 7.85. The Morgan fingerprint density at radius 2 is 1.91 bits per heavy atom. The zero-order valence-corrected chi connectivity index (χ0v) is 20.5. The van der Waals surface area contributed by atoms with Crippen LogP contribution in [0.2, 0.25) is 0 Å². The third-order valence-electron chi connectivity index (χ3n) is 4.09. The molecule has 0 spiro atoms. The Labute approximate surface area is 193 Å². The topological polar surface area (TPSA) is 156 Å². The van der Waals surface area contributed by atoms with Crippen LogP contribution in [0, 0.1) is 17.2 Å². The van der Waals surface area contributed by atoms with Crippen molar-refractivity contribution >= 4 is 42.9 Å². The smallest absolute Gasteiger partial charge is 0.422 e. The van der Waals surface area contributed by atoms with Crippen LogP contribution >= 0.6 is 0 Å². The number of benzene rings is 1. The molecule has 1 atom stereocenters. The van der Waals surface area contributed by atoms with Crippen LogP contribution in [0.25, 0.3) is 10.8 Å². The molecule has 1 heterocycles. The fourth-order valence-electron chi connectivity index (χ4n) is 2.79. The molecule has 1 aromatic heterocycles. The molecular weight excluding hydrogens is 472 g/mol. The maximum Gasteiger partial charge on any atom is 0.422 e. The summed E-state index contributed by atoms with van der Waals surface area (Å²) in [4.78, 5) is 16.1. The molecule has 33 heavy (non-hydrogen) atoms. The van der Waals surface area contributed by atoms with Crippen molar-refractivity contribution in [2.24, 2.45) is 5.92 Å². The van der Waals surface area contributed by atoms with Crippen LogP contribution < -0.4 is 9.03 Å². The Kier molecular flexibility index (Phi) is 7.89. The molecular formula is C20H26N4O7S2. The van der Waals surface area contributed by atoms with E-state index in [-0.39, 0.29) is 24.5 Å². The Morgan fingerprint density at radius 1 is 1.24 bits per heavy atom. The Hall–Kier alpha value is -2.95. The fraction of sp³-hybridized carbons (Fsp3) is 0.450. The van der Waals surface area contributed by atoms with Gasteiger partial charge in [-0.2, -0.15) is 22.1 Å². The Balaban J connectivity index is 2.45. The highest BCUT2D eigenvalue weighted by molar-refractivity contribution is 7.91. The first-order chi connectivity index (χ1) is 15.1. The molecule has 0 saturated heterocycles. The van der Waals surface area contributed by atoms with Crippen LogP contribution in [0.5, 0.6) is 0 Å². The second-order valence-corrected chi connectivity index (χ2v) is 11.6. The van der Waals surface area contributed by atoms with E-state index in [1.165, 1.54) is 18.3 Å². The molecule has 0 aliphatic carbocycles. The molecule has 1 aromatic carbocycles. The molecule has 2 aromatic rings. The van der Waals surface area contributed by atoms with Gasteiger partial charge in [-0.3, -0.25) is 8.49 Å². The van der Waals surface area contributed by atoms with Gasteiger partial charge in [0.15, 0.2) is 0 Å². The summed E-state index contributed by atoms with van der Waals surface area (Å²) in [6.45, 7) is 5.88. The summed E-state index contributed by atoms with van der Waals surface area (Å²) in [5.74, 6) is -0.572. The summed E-state index contributed by atoms with van der Waals surface area (Å²) in [5, 5.41) is 10.3. The molecule has 0 aliphatic rings. The van der Waals surface area contributed by atoms with Crippen LogP contribution in [0.4, 0.5) is 10.5 Å². The van der Waals surface area contributed by atoms with Crippen molar-refractivity contribution in [1.82, 2.24) is 9.71 Å². The molecule has 1 amide bonds. The first-order valence-corrected chi connectivity index (χ1v) is 13.0. The average Bonchev–Trinajstić information content (AvgIpc) is 2.66. The van der Waals surface area contributed by atoms with E-state index in [0.29, 0.717) is 10.8 Å². The lowest BCUT2D eigenvalue weighted by Gasteiger charge is -2.28. The molecule has 2 rings (SSSR count). The number of carbonyl (C=O) groups is 1. The molecule has 0 saturated carbocycles. The number of ether oxygens (including phenoxy) is 1. The van der Waals surface area contributed by atoms with Gasteiger partial charge in [0.25, 0.3) is 10.1 Å². The van der Waals surface area contributed by atoms with Crippen molar-refractivity contribution in [2.75, 3.05) is 23.7 Å². The number of rotatable bonds is 8. The lowest BCUT2D eigenvalue weighted by atomic mass is 10.1. The number of nitrogens with zero attached hydrogens (tertiary/aromatic N) is 3. The van der Waals surface area contributed by atoms with Gasteiger partial charge in [-0.15, -0.1) is 0 Å². The van der Waals surface area contributed by atoms with Crippen molar-refractivity contribution in [2.45, 2.75) is 33.3 Å². The summed E-state index contributed by atoms with van der Waals surface area (Å²) in [5.41, 5.74) is -0.569. The number of carbonyl (C=O) groups excluding carboxylic acids is 1. The number of nitrogens with one attached hydrogen (secondary N) is 1. The summed E-state index contributed by atoms with van der Waals surface area (Å²) < 4.78 is 61.5. The first-order valence-electron chi connectivity index (χ1n) is 9.78. The van der Waals surface area contributed by atoms with Crippen LogP contribution in [0.1, 0.15) is 33.4 Å². The number of hydrogen-bond donors (Lipinski definition) is 1. The van der Waals surface area contributed by atoms with E-state index >= 15 is 0 Å². The Bertz CT molecular complexity index is 1280. The predicted molar refractivity (Wildman–Crippen MR) is 122 cm³/mol. The van der Waals surface area contributed by atoms with E-state index in [4.69, 9.17) is 8.92 Å². The van der Waals surface area contributed by atoms with Crippen LogP contribution in [0.3, 0.4) is 0 Å². The van der Waals surface area contributed by atoms with Crippen molar-refractivity contribution in [1.29, 1.82) is 5.26 Å². The minimum atomic E-state index is -4.46. The monoisotopic (exact) mass is 498 g/mol. The van der Waals surface area contributed by atoms with E-state index in [9.17, 15) is 26.9 Å². The highest BCUT2D eigenvalue weighted by Crippen LogP contribution is 2.26. The molecule has 0 bridgehead atoms. The van der Waals surface area contributed by atoms with Gasteiger partial charge in [0.2, 0.25) is 0 Å². The number of hydrogen-bond acceptors (Lipinski definition) is 9. The number of aromatic nitrogens is 1. The summed E-state index contributed by atoms with van der Waals surface area (Å²) >= 11 is 0. The largest absolute Gasteiger partial charge is 0.443 e. The zero-order valence-electron chi connectivity index (χ0n) is 18.9. The molecule has 11 nitrogen and oxygen atoms in total. The molecule has 1 unspecified atom stereocenters. The zero-order chi connectivity index (χ0) is 25.0. The van der Waals surface area contributed by atoms with Gasteiger partial charge < -0.3 is 4.74 Å². The highest BCUT2D eigenvalue weighted by atomic mass is 32.2. The van der Waals surface area contributed by atoms with E-state index in [2.05, 4.69) is 4.98 Å². The SMILES string of the molecule is CC(COS(C)(=O)=O)CN(c1ccc2c(C#N)nccc2c1)S(=O)(=O)NC(=O)OC(C)(C)C. The molecule has 0 aliphatic heterocycles. The van der Waals surface area contributed by atoms with Crippen molar-refractivity contribution in [3.63, 3.8) is 0 Å². The standard InChI is InChI=1S/C20H26N4O7S2/c1-14(13-30-32(5,26)27)12-24(33(28,29)23-19(25)31-20(2,3)4)16-6-7-17-15(10-16)8-9-22-18(17)11-21/h6-10,14H,12-13H2,1-5H3,(H,23,25). The number of fused-ring (bicyclic) bond motifs is 1. The molecule has 0 radical (unpaired) electrons. The quantitative estimate of drug-likeness (QED) is 0.539. The molecule has 180 valence electrons. The van der Waals surface area contributed by atoms with E-state index in [0.717, 1.165) is 10.6 Å². The molecule has 0 fully saturated rings. The first kappa shape index (κ1) is 26.3. The molecule has 1 N–H and O–H groups in total. The van der Waals surface area contributed by atoms with Crippen LogP contribution in [-0.2, 0) is 29.2 Å². The number of anilines is 1. The van der Waals surface area contributed by atoms with Gasteiger partial charge in [0.1, 0.15) is 17.4 Å². The maximum absolute atomic E-state index is 13.1. The normalized spacial score (nSPS) is 13.2. The maximum atomic E-state index is 13.1. The minimum Gasteiger partial charge on any atom is -0.443 e. The van der Waals surface area contributed by atoms with Crippen molar-refractivity contribution < 1.29 is 30.6 Å². The van der Waals surface area contributed by atoms with Gasteiger partial charge in [0.05, 0.1) is 18.6 Å². The van der Waals surface area contributed by atoms with Crippen LogP contribution in [0.15, 0.2) is 30.5 Å². The van der Waals surface area contributed by atoms with E-state index in [1.807, 2.05) is 10.8 Å². The number of pyridine rings is 1. The van der Waals surface area contributed by atoms with Gasteiger partial charge in [-0.1, -0.05) is 6.92 Å². The average molecular weight is 499 g/mol. The second kappa shape index (κ2) is 9.90. The van der Waals surface area contributed by atoms with E-state index in [1.54, 1.807) is 39.8 Å². The summed E-state index contributed by atoms with van der Waals surface area (Å²) in [6.07, 6.45) is 1.15. The number of amides is 1. The van der Waals surface area contributed by atoms with Gasteiger partial charge >= 0.3 is 16.3 Å². The van der Waals surface area contributed by atoms with Crippen molar-refractivity contribution in [3.05, 3.63) is 36.2 Å². The lowest BCUT2D eigenvalue weighted by molar-refractivity contribution is 0.0570. The second-order valence-electron chi connectivity index (χ2n) is 8.41. The summed E-state index contributed by atoms with van der Waals surface area (Å²) in [6, 6.07) is 8.11. The van der Waals surface area contributed by atoms with Gasteiger partial charge in [-0.05, 0) is 56.3 Å². The van der Waals surface area contributed by atoms with Gasteiger partial charge in [-0.25, -0.2) is 14.5 Å². The minimum absolute atomic E-state index is 0.176. The van der Waals surface area contributed by atoms with Crippen molar-refractivity contribution in [3.8, 4) is 6.07 Å². The fourth-order valence-corrected chi connectivity index (χ4v) is 4.47. The third-order valence-corrected chi connectivity index (χ3v) is 6.02. The lowest BCUT2D eigenvalue weighted by Crippen LogP contribution is -2.47. The van der Waals surface area contributed by atoms with Gasteiger partial charge in [0, 0.05) is 18.1 Å². The summed E-state index contributed by atoms with van der Waals surface area (Å²) in [7, 11) is -8.18. The number of nitriles is 1.